The molecular weight excluding hydrogens is 331 g/mol. The summed E-state index contributed by atoms with van der Waals surface area (Å²) in [5, 5.41) is 4.55. The third-order valence-electron chi connectivity index (χ3n) is 5.95. The Kier molecular flexibility index (Phi) is 4.07. The highest BCUT2D eigenvalue weighted by atomic mass is 35.5. The van der Waals surface area contributed by atoms with Crippen molar-refractivity contribution in [3.8, 4) is 0 Å². The summed E-state index contributed by atoms with van der Waals surface area (Å²) in [5.41, 5.74) is 1.41. The largest absolute Gasteiger partial charge is 0.335 e. The number of nitrogens with one attached hydrogen (secondary N) is 1. The topological polar surface area (TPSA) is 32.3 Å². The Balaban J connectivity index is 1.51. The number of nitrogens with zero attached hydrogens (tertiary/aromatic N) is 1. The van der Waals surface area contributed by atoms with E-state index in [4.69, 9.17) is 23.2 Å². The predicted octanol–water partition coefficient (Wildman–Crippen LogP) is 4.05. The summed E-state index contributed by atoms with van der Waals surface area (Å²) in [6.07, 6.45) is 5.46. The highest BCUT2D eigenvalue weighted by molar-refractivity contribution is 6.42. The Morgan fingerprint density at radius 2 is 2.00 bits per heavy atom. The SMILES string of the molecule is O=C(C1CC12CCNCC2)N1CCCC1c1ccc(Cl)c(Cl)c1. The molecule has 2 aliphatic heterocycles. The first-order valence-electron chi connectivity index (χ1n) is 8.57. The van der Waals surface area contributed by atoms with Crippen LogP contribution in [-0.4, -0.2) is 30.4 Å². The number of hydrogen-bond donors (Lipinski definition) is 1. The van der Waals surface area contributed by atoms with Gasteiger partial charge in [-0.3, -0.25) is 4.79 Å². The Labute approximate surface area is 147 Å². The normalized spacial score (nSPS) is 29.0. The van der Waals surface area contributed by atoms with Crippen molar-refractivity contribution < 1.29 is 4.79 Å². The fourth-order valence-corrected chi connectivity index (χ4v) is 4.78. The third kappa shape index (κ3) is 2.77. The molecule has 1 amide bonds. The van der Waals surface area contributed by atoms with Gasteiger partial charge in [0.25, 0.3) is 0 Å². The Bertz CT molecular complexity index is 627. The number of benzene rings is 1. The summed E-state index contributed by atoms with van der Waals surface area (Å²) in [7, 11) is 0. The first-order valence-corrected chi connectivity index (χ1v) is 9.32. The van der Waals surface area contributed by atoms with E-state index in [2.05, 4.69) is 10.2 Å². The molecule has 2 heterocycles. The Morgan fingerprint density at radius 1 is 1.22 bits per heavy atom. The lowest BCUT2D eigenvalue weighted by Gasteiger charge is -2.28. The van der Waals surface area contributed by atoms with E-state index >= 15 is 0 Å². The van der Waals surface area contributed by atoms with Crippen molar-refractivity contribution in [2.45, 2.75) is 38.1 Å². The minimum atomic E-state index is 0.164. The average Bonchev–Trinajstić information content (AvgIpc) is 3.03. The average molecular weight is 353 g/mol. The summed E-state index contributed by atoms with van der Waals surface area (Å²) in [4.78, 5) is 15.2. The molecule has 5 heteroatoms. The number of carbonyl (C=O) groups excluding carboxylic acids is 1. The molecule has 2 unspecified atom stereocenters. The van der Waals surface area contributed by atoms with Crippen molar-refractivity contribution in [1.29, 1.82) is 0 Å². The second kappa shape index (κ2) is 5.94. The van der Waals surface area contributed by atoms with Gasteiger partial charge < -0.3 is 10.2 Å². The van der Waals surface area contributed by atoms with E-state index in [9.17, 15) is 4.79 Å². The lowest BCUT2D eigenvalue weighted by atomic mass is 9.91. The zero-order chi connectivity index (χ0) is 16.0. The van der Waals surface area contributed by atoms with Crippen molar-refractivity contribution in [3.63, 3.8) is 0 Å². The second-order valence-electron chi connectivity index (χ2n) is 7.23. The van der Waals surface area contributed by atoms with Gasteiger partial charge in [0.1, 0.15) is 0 Å². The van der Waals surface area contributed by atoms with E-state index in [0.717, 1.165) is 57.3 Å². The van der Waals surface area contributed by atoms with Crippen LogP contribution in [-0.2, 0) is 4.79 Å². The van der Waals surface area contributed by atoms with Crippen LogP contribution >= 0.6 is 23.2 Å². The third-order valence-corrected chi connectivity index (χ3v) is 6.69. The fraction of sp³-hybridized carbons (Fsp3) is 0.611. The number of hydrogen-bond acceptors (Lipinski definition) is 2. The van der Waals surface area contributed by atoms with Crippen molar-refractivity contribution in [1.82, 2.24) is 10.2 Å². The van der Waals surface area contributed by atoms with Gasteiger partial charge in [-0.25, -0.2) is 0 Å². The van der Waals surface area contributed by atoms with Crippen molar-refractivity contribution in [2.75, 3.05) is 19.6 Å². The van der Waals surface area contributed by atoms with Crippen LogP contribution in [0, 0.1) is 11.3 Å². The molecule has 3 fully saturated rings. The van der Waals surface area contributed by atoms with Gasteiger partial charge in [0, 0.05) is 12.5 Å². The molecule has 0 radical (unpaired) electrons. The predicted molar refractivity (Wildman–Crippen MR) is 92.8 cm³/mol. The fourth-order valence-electron chi connectivity index (χ4n) is 4.47. The molecule has 2 saturated heterocycles. The zero-order valence-corrected chi connectivity index (χ0v) is 14.7. The molecule has 23 heavy (non-hydrogen) atoms. The molecule has 1 aromatic carbocycles. The molecule has 0 bridgehead atoms. The summed E-state index contributed by atoms with van der Waals surface area (Å²) in [6, 6.07) is 5.94. The number of carbonyl (C=O) groups is 1. The maximum absolute atomic E-state index is 13.1. The van der Waals surface area contributed by atoms with Gasteiger partial charge in [-0.2, -0.15) is 0 Å². The van der Waals surface area contributed by atoms with Crippen molar-refractivity contribution >= 4 is 29.1 Å². The quantitative estimate of drug-likeness (QED) is 0.870. The highest BCUT2D eigenvalue weighted by Crippen LogP contribution is 2.60. The molecule has 1 N–H and O–H groups in total. The van der Waals surface area contributed by atoms with Crippen LogP contribution < -0.4 is 5.32 Å². The van der Waals surface area contributed by atoms with Gasteiger partial charge >= 0.3 is 0 Å². The van der Waals surface area contributed by atoms with Crippen LogP contribution in [0.5, 0.6) is 0 Å². The van der Waals surface area contributed by atoms with E-state index < -0.39 is 0 Å². The number of likely N-dealkylation sites (tertiary alicyclic amines) is 1. The smallest absolute Gasteiger partial charge is 0.226 e. The molecule has 4 rings (SSSR count). The van der Waals surface area contributed by atoms with Crippen LogP contribution in [0.3, 0.4) is 0 Å². The molecule has 3 nitrogen and oxygen atoms in total. The molecule has 1 saturated carbocycles. The maximum atomic E-state index is 13.1. The van der Waals surface area contributed by atoms with Gasteiger partial charge in [-0.05, 0) is 68.3 Å². The van der Waals surface area contributed by atoms with Crippen molar-refractivity contribution in [3.05, 3.63) is 33.8 Å². The van der Waals surface area contributed by atoms with Gasteiger partial charge in [-0.1, -0.05) is 29.3 Å². The van der Waals surface area contributed by atoms with E-state index in [1.165, 1.54) is 0 Å². The Morgan fingerprint density at radius 3 is 2.74 bits per heavy atom. The molecule has 1 aromatic rings. The van der Waals surface area contributed by atoms with Crippen LogP contribution in [0.4, 0.5) is 0 Å². The maximum Gasteiger partial charge on any atom is 0.226 e. The molecular formula is C18H22Cl2N2O. The Hall–Kier alpha value is -0.770. The second-order valence-corrected chi connectivity index (χ2v) is 8.05. The van der Waals surface area contributed by atoms with E-state index in [-0.39, 0.29) is 12.0 Å². The van der Waals surface area contributed by atoms with Gasteiger partial charge in [-0.15, -0.1) is 0 Å². The summed E-state index contributed by atoms with van der Waals surface area (Å²) in [5.74, 6) is 0.605. The van der Waals surface area contributed by atoms with E-state index in [0.29, 0.717) is 21.4 Å². The minimum Gasteiger partial charge on any atom is -0.335 e. The first-order chi connectivity index (χ1) is 11.1. The standard InChI is InChI=1S/C18H22Cl2N2O/c19-14-4-3-12(10-15(14)20)16-2-1-9-22(16)17(23)13-11-18(13)5-7-21-8-6-18/h3-4,10,13,16,21H,1-2,5-9,11H2. The minimum absolute atomic E-state index is 0.164. The van der Waals surface area contributed by atoms with Crippen LogP contribution in [0.15, 0.2) is 18.2 Å². The van der Waals surface area contributed by atoms with Gasteiger partial charge in [0.2, 0.25) is 5.91 Å². The highest BCUT2D eigenvalue weighted by Gasteiger charge is 2.59. The number of piperidine rings is 1. The lowest BCUT2D eigenvalue weighted by molar-refractivity contribution is -0.134. The van der Waals surface area contributed by atoms with Crippen LogP contribution in [0.2, 0.25) is 10.0 Å². The van der Waals surface area contributed by atoms with Crippen molar-refractivity contribution in [2.24, 2.45) is 11.3 Å². The monoisotopic (exact) mass is 352 g/mol. The van der Waals surface area contributed by atoms with Crippen LogP contribution in [0.1, 0.15) is 43.7 Å². The van der Waals surface area contributed by atoms with Gasteiger partial charge in [0.15, 0.2) is 0 Å². The number of halogens is 2. The van der Waals surface area contributed by atoms with Crippen LogP contribution in [0.25, 0.3) is 0 Å². The summed E-state index contributed by atoms with van der Waals surface area (Å²) < 4.78 is 0. The first kappa shape index (κ1) is 15.7. The molecule has 1 spiro atoms. The molecule has 124 valence electrons. The van der Waals surface area contributed by atoms with E-state index in [1.807, 2.05) is 18.2 Å². The number of amides is 1. The lowest BCUT2D eigenvalue weighted by Crippen LogP contribution is -2.36. The zero-order valence-electron chi connectivity index (χ0n) is 13.2. The number of rotatable bonds is 2. The van der Waals surface area contributed by atoms with E-state index in [1.54, 1.807) is 0 Å². The molecule has 0 aromatic heterocycles. The molecule has 2 atom stereocenters. The summed E-state index contributed by atoms with van der Waals surface area (Å²) >= 11 is 12.2. The summed E-state index contributed by atoms with van der Waals surface area (Å²) in [6.45, 7) is 2.98. The molecule has 3 aliphatic rings. The molecule has 1 aliphatic carbocycles. The van der Waals surface area contributed by atoms with Gasteiger partial charge in [0.05, 0.1) is 16.1 Å².